The Morgan fingerprint density at radius 1 is 0.607 bits per heavy atom. The first-order chi connectivity index (χ1) is 26.5. The summed E-state index contributed by atoms with van der Waals surface area (Å²) in [4.78, 5) is 24.6. The second kappa shape index (κ2) is 18.5. The maximum atomic E-state index is 12.7. The predicted molar refractivity (Wildman–Crippen MR) is 193 cm³/mol. The van der Waals surface area contributed by atoms with E-state index >= 15 is 0 Å². The first-order valence-electron chi connectivity index (χ1n) is 16.2. The summed E-state index contributed by atoms with van der Waals surface area (Å²) in [5.74, 6) is -1.46. The van der Waals surface area contributed by atoms with E-state index in [0.717, 1.165) is 24.3 Å². The molecule has 19 heteroatoms. The van der Waals surface area contributed by atoms with Crippen LogP contribution in [-0.4, -0.2) is 72.5 Å². The number of aromatic nitrogens is 4. The molecular formula is C37H34F6N8O5. The van der Waals surface area contributed by atoms with Crippen molar-refractivity contribution in [2.45, 2.75) is 12.4 Å². The standard InChI is InChI=1S/C18H15F3N4O2.C17H12F3N3O3.C2H7N/c1-25(2)17(26)16-24-23-15(27-16)13-5-3-4-6-14(13)22-12-9-7-11(8-10-12)18(19,20)21;1-25-16(24)15-23-22-14(26-15)12-4-2-3-5-13(12)21-11-8-6-10(7-9-11)17(18,19)20;1-3-2/h3-10,22H,1-2H3;2-9,21H,1H3;3H,1-2H3. The van der Waals surface area contributed by atoms with E-state index in [1.807, 2.05) is 14.1 Å². The summed E-state index contributed by atoms with van der Waals surface area (Å²) < 4.78 is 91.2. The van der Waals surface area contributed by atoms with Gasteiger partial charge >= 0.3 is 36.0 Å². The molecule has 0 fully saturated rings. The molecule has 0 saturated carbocycles. The van der Waals surface area contributed by atoms with Crippen LogP contribution in [0.5, 0.6) is 0 Å². The van der Waals surface area contributed by atoms with E-state index in [9.17, 15) is 35.9 Å². The zero-order valence-electron chi connectivity index (χ0n) is 30.3. The number of hydrogen-bond donors (Lipinski definition) is 3. The topological polar surface area (TPSA) is 161 Å². The van der Waals surface area contributed by atoms with E-state index in [1.165, 1.54) is 36.3 Å². The number of carbonyl (C=O) groups excluding carboxylic acids is 2. The number of halogens is 6. The van der Waals surface area contributed by atoms with Gasteiger partial charge in [-0.05, 0) is 86.9 Å². The van der Waals surface area contributed by atoms with Gasteiger partial charge in [-0.3, -0.25) is 4.79 Å². The number of rotatable bonds is 8. The van der Waals surface area contributed by atoms with Crippen molar-refractivity contribution in [3.63, 3.8) is 0 Å². The molecule has 0 bridgehead atoms. The molecule has 0 saturated heterocycles. The number of benzene rings is 4. The van der Waals surface area contributed by atoms with E-state index in [1.54, 1.807) is 62.6 Å². The average Bonchev–Trinajstić information content (AvgIpc) is 3.86. The van der Waals surface area contributed by atoms with Crippen LogP contribution < -0.4 is 16.0 Å². The Bertz CT molecular complexity index is 2200. The number of nitrogens with one attached hydrogen (secondary N) is 3. The molecule has 0 spiro atoms. The number of carbonyl (C=O) groups is 2. The lowest BCUT2D eigenvalue weighted by atomic mass is 10.1. The molecule has 3 N–H and O–H groups in total. The number of ether oxygens (including phenoxy) is 1. The molecule has 56 heavy (non-hydrogen) atoms. The third-order valence-electron chi connectivity index (χ3n) is 7.10. The summed E-state index contributed by atoms with van der Waals surface area (Å²) in [5.41, 5.74) is 1.49. The normalized spacial score (nSPS) is 11.0. The Balaban J connectivity index is 0.000000233. The minimum atomic E-state index is -4.40. The molecule has 0 aliphatic carbocycles. The third-order valence-corrected chi connectivity index (χ3v) is 7.10. The summed E-state index contributed by atoms with van der Waals surface area (Å²) in [6, 6.07) is 22.9. The van der Waals surface area contributed by atoms with Crippen LogP contribution in [0, 0.1) is 0 Å². The van der Waals surface area contributed by atoms with Gasteiger partial charge in [-0.2, -0.15) is 26.3 Å². The second-order valence-electron chi connectivity index (χ2n) is 11.5. The van der Waals surface area contributed by atoms with E-state index in [-0.39, 0.29) is 23.6 Å². The van der Waals surface area contributed by atoms with Crippen LogP contribution >= 0.6 is 0 Å². The van der Waals surface area contributed by atoms with Crippen molar-refractivity contribution >= 4 is 34.6 Å². The lowest BCUT2D eigenvalue weighted by Gasteiger charge is -2.11. The Morgan fingerprint density at radius 3 is 1.36 bits per heavy atom. The number of nitrogens with zero attached hydrogens (tertiary/aromatic N) is 5. The van der Waals surface area contributed by atoms with Crippen molar-refractivity contribution in [1.29, 1.82) is 0 Å². The molecule has 1 amide bonds. The molecular weight excluding hydrogens is 750 g/mol. The van der Waals surface area contributed by atoms with Gasteiger partial charge in [0.15, 0.2) is 0 Å². The molecule has 0 aliphatic rings. The zero-order chi connectivity index (χ0) is 41.0. The Hall–Kier alpha value is -6.76. The summed E-state index contributed by atoms with van der Waals surface area (Å²) in [6.45, 7) is 0. The van der Waals surface area contributed by atoms with Crippen LogP contribution in [0.4, 0.5) is 49.1 Å². The summed E-state index contributed by atoms with van der Waals surface area (Å²) in [5, 5.41) is 23.8. The van der Waals surface area contributed by atoms with Gasteiger partial charge in [-0.25, -0.2) is 4.79 Å². The van der Waals surface area contributed by atoms with Crippen LogP contribution in [0.1, 0.15) is 32.5 Å². The van der Waals surface area contributed by atoms with Gasteiger partial charge in [0.2, 0.25) is 5.89 Å². The zero-order valence-corrected chi connectivity index (χ0v) is 30.3. The smallest absolute Gasteiger partial charge is 0.416 e. The number of hydrogen-bond acceptors (Lipinski definition) is 12. The highest BCUT2D eigenvalue weighted by molar-refractivity contribution is 5.89. The van der Waals surface area contributed by atoms with Crippen LogP contribution in [0.3, 0.4) is 0 Å². The SMILES string of the molecule is CN(C)C(=O)c1nnc(-c2ccccc2Nc2ccc(C(F)(F)F)cc2)o1.CNC.COC(=O)c1nnc(-c2ccccc2Nc2ccc(C(F)(F)F)cc2)o1. The van der Waals surface area contributed by atoms with Gasteiger partial charge in [-0.1, -0.05) is 24.3 Å². The van der Waals surface area contributed by atoms with E-state index in [0.29, 0.717) is 33.9 Å². The highest BCUT2D eigenvalue weighted by Crippen LogP contribution is 2.34. The molecule has 4 aromatic carbocycles. The van der Waals surface area contributed by atoms with Gasteiger partial charge in [0.25, 0.3) is 5.89 Å². The molecule has 0 unspecified atom stereocenters. The maximum Gasteiger partial charge on any atom is 0.416 e. The fraction of sp³-hybridized carbons (Fsp3) is 0.189. The second-order valence-corrected chi connectivity index (χ2v) is 11.5. The predicted octanol–water partition coefficient (Wildman–Crippen LogP) is 8.32. The van der Waals surface area contributed by atoms with Crippen LogP contribution in [0.15, 0.2) is 106 Å². The van der Waals surface area contributed by atoms with Gasteiger partial charge in [0.05, 0.1) is 40.7 Å². The number of amides is 1. The fourth-order valence-electron chi connectivity index (χ4n) is 4.46. The number of alkyl halides is 6. The van der Waals surface area contributed by atoms with Gasteiger partial charge in [-0.15, -0.1) is 20.4 Å². The van der Waals surface area contributed by atoms with Gasteiger partial charge in [0, 0.05) is 25.5 Å². The highest BCUT2D eigenvalue weighted by atomic mass is 19.4. The number of esters is 1. The lowest BCUT2D eigenvalue weighted by Crippen LogP contribution is -2.21. The Labute approximate surface area is 315 Å². The Kier molecular flexibility index (Phi) is 13.9. The first-order valence-corrected chi connectivity index (χ1v) is 16.2. The van der Waals surface area contributed by atoms with Crippen LogP contribution in [-0.2, 0) is 17.1 Å². The van der Waals surface area contributed by atoms with Gasteiger partial charge in [0.1, 0.15) is 0 Å². The monoisotopic (exact) mass is 784 g/mol. The summed E-state index contributed by atoms with van der Waals surface area (Å²) >= 11 is 0. The van der Waals surface area contributed by atoms with Crippen molar-refractivity contribution in [2.75, 3.05) is 45.9 Å². The quantitative estimate of drug-likeness (QED) is 0.100. The first kappa shape index (κ1) is 42.0. The van der Waals surface area contributed by atoms with Crippen LogP contribution in [0.25, 0.3) is 22.9 Å². The van der Waals surface area contributed by atoms with Gasteiger partial charge < -0.3 is 34.4 Å². The number of anilines is 4. The van der Waals surface area contributed by atoms with Crippen molar-refractivity contribution in [2.24, 2.45) is 0 Å². The minimum Gasteiger partial charge on any atom is -0.462 e. The van der Waals surface area contributed by atoms with Crippen molar-refractivity contribution < 1.29 is 49.5 Å². The number of methoxy groups -OCH3 is 1. The summed E-state index contributed by atoms with van der Waals surface area (Å²) in [6.07, 6.45) is -8.79. The molecule has 294 valence electrons. The molecule has 0 radical (unpaired) electrons. The molecule has 6 aromatic rings. The van der Waals surface area contributed by atoms with E-state index < -0.39 is 35.4 Å². The molecule has 2 heterocycles. The Morgan fingerprint density at radius 2 is 0.982 bits per heavy atom. The molecule has 0 aliphatic heterocycles. The largest absolute Gasteiger partial charge is 0.462 e. The van der Waals surface area contributed by atoms with Crippen molar-refractivity contribution in [3.8, 4) is 22.9 Å². The molecule has 13 nitrogen and oxygen atoms in total. The van der Waals surface area contributed by atoms with Crippen molar-refractivity contribution in [1.82, 2.24) is 30.6 Å². The maximum absolute atomic E-state index is 12.7. The third kappa shape index (κ3) is 11.1. The highest BCUT2D eigenvalue weighted by Gasteiger charge is 2.31. The van der Waals surface area contributed by atoms with E-state index in [4.69, 9.17) is 8.83 Å². The molecule has 6 rings (SSSR count). The minimum absolute atomic E-state index is 0.0698. The molecule has 0 atom stereocenters. The average molecular weight is 785 g/mol. The fourth-order valence-corrected chi connectivity index (χ4v) is 4.46. The number of para-hydroxylation sites is 2. The lowest BCUT2D eigenvalue weighted by molar-refractivity contribution is -0.138. The van der Waals surface area contributed by atoms with E-state index in [2.05, 4.69) is 41.1 Å². The van der Waals surface area contributed by atoms with Crippen LogP contribution in [0.2, 0.25) is 0 Å². The van der Waals surface area contributed by atoms with Crippen molar-refractivity contribution in [3.05, 3.63) is 120 Å². The molecule has 2 aromatic heterocycles. The summed E-state index contributed by atoms with van der Waals surface area (Å²) in [7, 11) is 8.06.